The van der Waals surface area contributed by atoms with Crippen LogP contribution in [0.15, 0.2) is 0 Å². The predicted molar refractivity (Wildman–Crippen MR) is 37.1 cm³/mol. The van der Waals surface area contributed by atoms with E-state index in [2.05, 4.69) is 4.90 Å². The molecule has 0 aromatic rings. The molecule has 0 bridgehead atoms. The Hall–Kier alpha value is -0.0800. The first-order valence-electron chi connectivity index (χ1n) is 3.73. The van der Waals surface area contributed by atoms with Gasteiger partial charge in [0.2, 0.25) is 0 Å². The Labute approximate surface area is 56.5 Å². The Morgan fingerprint density at radius 2 is 1.78 bits per heavy atom. The van der Waals surface area contributed by atoms with Gasteiger partial charge in [-0.2, -0.15) is 0 Å². The van der Waals surface area contributed by atoms with Crippen LogP contribution >= 0.6 is 0 Å². The molecule has 9 heavy (non-hydrogen) atoms. The fourth-order valence-corrected chi connectivity index (χ4v) is 1.29. The lowest BCUT2D eigenvalue weighted by atomic mass is 10.1. The first kappa shape index (κ1) is 7.03. The molecule has 0 unspecified atom stereocenters. The van der Waals surface area contributed by atoms with Gasteiger partial charge in [0, 0.05) is 13.1 Å². The molecule has 0 amide bonds. The van der Waals surface area contributed by atoms with Crippen molar-refractivity contribution in [1.29, 1.82) is 0 Å². The first-order chi connectivity index (χ1) is 4.30. The molecule has 1 saturated heterocycles. The minimum absolute atomic E-state index is 0.231. The lowest BCUT2D eigenvalue weighted by Gasteiger charge is -2.28. The van der Waals surface area contributed by atoms with Crippen LogP contribution in [-0.2, 0) is 0 Å². The van der Waals surface area contributed by atoms with Crippen LogP contribution in [0.25, 0.3) is 0 Å². The third-order valence-corrected chi connectivity index (χ3v) is 1.92. The van der Waals surface area contributed by atoms with E-state index in [1.165, 1.54) is 19.3 Å². The van der Waals surface area contributed by atoms with Gasteiger partial charge in [-0.05, 0) is 19.8 Å². The molecule has 1 N–H and O–H groups in total. The number of piperidine rings is 1. The van der Waals surface area contributed by atoms with Gasteiger partial charge in [0.15, 0.2) is 0 Å². The zero-order valence-electron chi connectivity index (χ0n) is 6.01. The molecule has 0 spiro atoms. The second-order valence-corrected chi connectivity index (χ2v) is 2.73. The zero-order valence-corrected chi connectivity index (χ0v) is 6.01. The monoisotopic (exact) mass is 129 g/mol. The second-order valence-electron chi connectivity index (χ2n) is 2.73. The van der Waals surface area contributed by atoms with Crippen LogP contribution in [-0.4, -0.2) is 29.3 Å². The van der Waals surface area contributed by atoms with Crippen LogP contribution in [0.1, 0.15) is 26.2 Å². The Morgan fingerprint density at radius 3 is 2.11 bits per heavy atom. The standard InChI is InChI=1S/C7H15NO/c1-7(9)8-5-3-2-4-6-8/h7,9H,2-6H2,1H3/t7-/m1/s1. The van der Waals surface area contributed by atoms with E-state index >= 15 is 0 Å². The van der Waals surface area contributed by atoms with Crippen LogP contribution in [0.3, 0.4) is 0 Å². The maximum Gasteiger partial charge on any atom is 0.104 e. The minimum atomic E-state index is -0.231. The van der Waals surface area contributed by atoms with Crippen molar-refractivity contribution in [2.75, 3.05) is 13.1 Å². The van der Waals surface area contributed by atoms with Crippen LogP contribution in [0.5, 0.6) is 0 Å². The van der Waals surface area contributed by atoms with E-state index in [1.54, 1.807) is 0 Å². The summed E-state index contributed by atoms with van der Waals surface area (Å²) in [5, 5.41) is 9.10. The molecule has 1 rings (SSSR count). The van der Waals surface area contributed by atoms with E-state index < -0.39 is 0 Å². The Morgan fingerprint density at radius 1 is 1.22 bits per heavy atom. The third kappa shape index (κ3) is 1.95. The predicted octanol–water partition coefficient (Wildman–Crippen LogP) is 0.811. The molecule has 0 aliphatic carbocycles. The zero-order chi connectivity index (χ0) is 6.69. The highest BCUT2D eigenvalue weighted by Crippen LogP contribution is 2.09. The molecule has 1 aliphatic heterocycles. The number of likely N-dealkylation sites (tertiary alicyclic amines) is 1. The van der Waals surface area contributed by atoms with Crippen LogP contribution in [0, 0.1) is 0 Å². The molecule has 0 radical (unpaired) electrons. The highest BCUT2D eigenvalue weighted by molar-refractivity contribution is 4.63. The van der Waals surface area contributed by atoms with Gasteiger partial charge in [-0.25, -0.2) is 0 Å². The van der Waals surface area contributed by atoms with E-state index in [4.69, 9.17) is 5.11 Å². The van der Waals surface area contributed by atoms with E-state index in [1.807, 2.05) is 6.92 Å². The van der Waals surface area contributed by atoms with Crippen LogP contribution < -0.4 is 0 Å². The summed E-state index contributed by atoms with van der Waals surface area (Å²) in [6.45, 7) is 4.00. The fraction of sp³-hybridized carbons (Fsp3) is 1.00. The van der Waals surface area contributed by atoms with E-state index in [-0.39, 0.29) is 6.23 Å². The highest BCUT2D eigenvalue weighted by atomic mass is 16.3. The van der Waals surface area contributed by atoms with Crippen LogP contribution in [0.4, 0.5) is 0 Å². The highest BCUT2D eigenvalue weighted by Gasteiger charge is 2.12. The average molecular weight is 129 g/mol. The molecular weight excluding hydrogens is 114 g/mol. The van der Waals surface area contributed by atoms with E-state index in [0.29, 0.717) is 0 Å². The summed E-state index contributed by atoms with van der Waals surface area (Å²) in [6.07, 6.45) is 3.62. The van der Waals surface area contributed by atoms with Gasteiger partial charge >= 0.3 is 0 Å². The molecule has 1 aliphatic rings. The van der Waals surface area contributed by atoms with Gasteiger partial charge < -0.3 is 5.11 Å². The number of hydrogen-bond donors (Lipinski definition) is 1. The normalized spacial score (nSPS) is 26.0. The maximum absolute atomic E-state index is 9.10. The maximum atomic E-state index is 9.10. The molecule has 1 fully saturated rings. The molecule has 2 nitrogen and oxygen atoms in total. The van der Waals surface area contributed by atoms with Crippen molar-refractivity contribution < 1.29 is 5.11 Å². The molecule has 0 aromatic heterocycles. The van der Waals surface area contributed by atoms with Crippen molar-refractivity contribution >= 4 is 0 Å². The Balaban J connectivity index is 2.23. The topological polar surface area (TPSA) is 23.5 Å². The van der Waals surface area contributed by atoms with Gasteiger partial charge in [0.05, 0.1) is 0 Å². The molecule has 0 saturated carbocycles. The Kier molecular flexibility index (Phi) is 2.49. The summed E-state index contributed by atoms with van der Waals surface area (Å²) in [4.78, 5) is 2.11. The van der Waals surface area contributed by atoms with Crippen LogP contribution in [0.2, 0.25) is 0 Å². The largest absolute Gasteiger partial charge is 0.379 e. The molecule has 1 atom stereocenters. The molecule has 54 valence electrons. The summed E-state index contributed by atoms with van der Waals surface area (Å²) >= 11 is 0. The third-order valence-electron chi connectivity index (χ3n) is 1.92. The molecule has 2 heteroatoms. The van der Waals surface area contributed by atoms with E-state index in [0.717, 1.165) is 13.1 Å². The van der Waals surface area contributed by atoms with Crippen molar-refractivity contribution in [2.24, 2.45) is 0 Å². The molecule has 0 aromatic carbocycles. The van der Waals surface area contributed by atoms with Gasteiger partial charge in [-0.3, -0.25) is 4.90 Å². The van der Waals surface area contributed by atoms with Crippen molar-refractivity contribution in [3.63, 3.8) is 0 Å². The van der Waals surface area contributed by atoms with E-state index in [9.17, 15) is 0 Å². The lowest BCUT2D eigenvalue weighted by molar-refractivity contribution is 0.00665. The first-order valence-corrected chi connectivity index (χ1v) is 3.73. The van der Waals surface area contributed by atoms with Crippen molar-refractivity contribution in [3.8, 4) is 0 Å². The van der Waals surface area contributed by atoms with Gasteiger partial charge in [-0.1, -0.05) is 6.42 Å². The lowest BCUT2D eigenvalue weighted by Crippen LogP contribution is -2.36. The SMILES string of the molecule is C[C@@H](O)N1CCCCC1. The summed E-state index contributed by atoms with van der Waals surface area (Å²) in [5.41, 5.74) is 0. The molecular formula is C7H15NO. The summed E-state index contributed by atoms with van der Waals surface area (Å²) in [7, 11) is 0. The molecule has 1 heterocycles. The summed E-state index contributed by atoms with van der Waals surface area (Å²) in [5.74, 6) is 0. The fourth-order valence-electron chi connectivity index (χ4n) is 1.29. The summed E-state index contributed by atoms with van der Waals surface area (Å²) < 4.78 is 0. The number of aliphatic hydroxyl groups is 1. The number of hydrogen-bond acceptors (Lipinski definition) is 2. The van der Waals surface area contributed by atoms with Crippen molar-refractivity contribution in [2.45, 2.75) is 32.4 Å². The minimum Gasteiger partial charge on any atom is -0.379 e. The smallest absolute Gasteiger partial charge is 0.104 e. The summed E-state index contributed by atoms with van der Waals surface area (Å²) in [6, 6.07) is 0. The number of aliphatic hydroxyl groups excluding tert-OH is 1. The average Bonchev–Trinajstić information content (AvgIpc) is 1.90. The van der Waals surface area contributed by atoms with Crippen molar-refractivity contribution in [3.05, 3.63) is 0 Å². The van der Waals surface area contributed by atoms with Gasteiger partial charge in [-0.15, -0.1) is 0 Å². The quantitative estimate of drug-likeness (QED) is 0.566. The van der Waals surface area contributed by atoms with Gasteiger partial charge in [0.25, 0.3) is 0 Å². The Bertz CT molecular complexity index is 77.0. The van der Waals surface area contributed by atoms with Crippen molar-refractivity contribution in [1.82, 2.24) is 4.90 Å². The second kappa shape index (κ2) is 3.18. The van der Waals surface area contributed by atoms with Gasteiger partial charge in [0.1, 0.15) is 6.23 Å². The number of rotatable bonds is 1. The number of nitrogens with zero attached hydrogens (tertiary/aromatic N) is 1.